The zero-order valence-electron chi connectivity index (χ0n) is 10.4. The van der Waals surface area contributed by atoms with Crippen molar-refractivity contribution < 1.29 is 13.9 Å². The van der Waals surface area contributed by atoms with Crippen molar-refractivity contribution in [2.24, 2.45) is 0 Å². The van der Waals surface area contributed by atoms with Gasteiger partial charge < -0.3 is 10.1 Å². The van der Waals surface area contributed by atoms with Crippen LogP contribution >= 0.6 is 11.6 Å². The minimum absolute atomic E-state index is 0.0124. The highest BCUT2D eigenvalue weighted by atomic mass is 35.5. The maximum Gasteiger partial charge on any atom is 0.254 e. The first kappa shape index (κ1) is 14.9. The summed E-state index contributed by atoms with van der Waals surface area (Å²) in [5.74, 6) is -1.04. The molecule has 0 aliphatic carbocycles. The predicted molar refractivity (Wildman–Crippen MR) is 67.2 cm³/mol. The topological polar surface area (TPSA) is 51.2 Å². The number of pyridine rings is 1. The molecule has 1 amide bonds. The third kappa shape index (κ3) is 4.23. The molecule has 0 radical (unpaired) electrons. The molecule has 1 heterocycles. The predicted octanol–water partition coefficient (Wildman–Crippen LogP) is 2.42. The molecular formula is C12H16ClFN2O2. The van der Waals surface area contributed by atoms with Gasteiger partial charge in [0, 0.05) is 7.11 Å². The Bertz CT molecular complexity index is 409. The van der Waals surface area contributed by atoms with Crippen LogP contribution in [0, 0.1) is 5.82 Å². The second-order valence-corrected chi connectivity index (χ2v) is 4.26. The monoisotopic (exact) mass is 274 g/mol. The summed E-state index contributed by atoms with van der Waals surface area (Å²) in [6.07, 6.45) is 2.65. The van der Waals surface area contributed by atoms with Crippen molar-refractivity contribution in [3.05, 3.63) is 28.8 Å². The number of ether oxygens (including phenoxy) is 1. The van der Waals surface area contributed by atoms with Crippen LogP contribution < -0.4 is 5.32 Å². The molecule has 100 valence electrons. The van der Waals surface area contributed by atoms with E-state index in [0.29, 0.717) is 6.61 Å². The summed E-state index contributed by atoms with van der Waals surface area (Å²) in [6, 6.07) is 0.951. The number of amides is 1. The second-order valence-electron chi connectivity index (χ2n) is 3.91. The van der Waals surface area contributed by atoms with Gasteiger partial charge in [-0.2, -0.15) is 0 Å². The Balaban J connectivity index is 2.76. The highest BCUT2D eigenvalue weighted by Crippen LogP contribution is 2.14. The molecule has 0 fully saturated rings. The van der Waals surface area contributed by atoms with E-state index in [2.05, 4.69) is 10.3 Å². The van der Waals surface area contributed by atoms with Gasteiger partial charge >= 0.3 is 0 Å². The van der Waals surface area contributed by atoms with E-state index in [9.17, 15) is 9.18 Å². The molecule has 0 aromatic carbocycles. The Morgan fingerprint density at radius 3 is 3.00 bits per heavy atom. The fraction of sp³-hybridized carbons (Fsp3) is 0.500. The minimum Gasteiger partial charge on any atom is -0.383 e. The third-order valence-electron chi connectivity index (χ3n) is 2.39. The van der Waals surface area contributed by atoms with E-state index in [4.69, 9.17) is 16.3 Å². The van der Waals surface area contributed by atoms with Crippen molar-refractivity contribution in [1.82, 2.24) is 10.3 Å². The number of aromatic nitrogens is 1. The molecule has 1 aromatic rings. The number of nitrogens with zero attached hydrogens (tertiary/aromatic N) is 1. The van der Waals surface area contributed by atoms with Gasteiger partial charge in [-0.1, -0.05) is 24.9 Å². The summed E-state index contributed by atoms with van der Waals surface area (Å²) in [5.41, 5.74) is 0.0360. The highest BCUT2D eigenvalue weighted by molar-refractivity contribution is 6.32. The average molecular weight is 275 g/mol. The Labute approximate surface area is 110 Å². The minimum atomic E-state index is -0.594. The Morgan fingerprint density at radius 2 is 2.39 bits per heavy atom. The number of hydrogen-bond acceptors (Lipinski definition) is 3. The van der Waals surface area contributed by atoms with E-state index in [-0.39, 0.29) is 16.8 Å². The van der Waals surface area contributed by atoms with Gasteiger partial charge in [-0.15, -0.1) is 0 Å². The molecule has 1 rings (SSSR count). The maximum atomic E-state index is 13.0. The summed E-state index contributed by atoms with van der Waals surface area (Å²) in [7, 11) is 1.56. The smallest absolute Gasteiger partial charge is 0.254 e. The number of hydrogen-bond donors (Lipinski definition) is 1. The van der Waals surface area contributed by atoms with Crippen LogP contribution in [0.25, 0.3) is 0 Å². The molecule has 0 saturated carbocycles. The quantitative estimate of drug-likeness (QED) is 0.811. The van der Waals surface area contributed by atoms with Crippen molar-refractivity contribution in [3.63, 3.8) is 0 Å². The van der Waals surface area contributed by atoms with Crippen LogP contribution in [0.3, 0.4) is 0 Å². The van der Waals surface area contributed by atoms with Gasteiger partial charge in [0.05, 0.1) is 24.4 Å². The summed E-state index contributed by atoms with van der Waals surface area (Å²) in [5, 5.41) is 2.74. The van der Waals surface area contributed by atoms with Crippen LogP contribution in [0.2, 0.25) is 5.15 Å². The lowest BCUT2D eigenvalue weighted by Crippen LogP contribution is -2.38. The average Bonchev–Trinajstić information content (AvgIpc) is 2.33. The van der Waals surface area contributed by atoms with E-state index in [1.807, 2.05) is 6.92 Å². The Kier molecular flexibility index (Phi) is 6.01. The first-order chi connectivity index (χ1) is 8.58. The molecule has 0 bridgehead atoms. The molecule has 0 spiro atoms. The lowest BCUT2D eigenvalue weighted by molar-refractivity contribution is 0.0891. The first-order valence-corrected chi connectivity index (χ1v) is 6.07. The summed E-state index contributed by atoms with van der Waals surface area (Å²) in [6.45, 7) is 2.41. The molecule has 18 heavy (non-hydrogen) atoms. The van der Waals surface area contributed by atoms with Crippen LogP contribution in [0.5, 0.6) is 0 Å². The Morgan fingerprint density at radius 1 is 1.67 bits per heavy atom. The molecule has 0 aliphatic heterocycles. The maximum absolute atomic E-state index is 13.0. The fourth-order valence-corrected chi connectivity index (χ4v) is 1.78. The molecule has 1 N–H and O–H groups in total. The fourth-order valence-electron chi connectivity index (χ4n) is 1.59. The van der Waals surface area contributed by atoms with Crippen molar-refractivity contribution in [2.45, 2.75) is 25.8 Å². The van der Waals surface area contributed by atoms with Gasteiger partial charge in [-0.05, 0) is 12.5 Å². The van der Waals surface area contributed by atoms with E-state index < -0.39 is 11.7 Å². The number of halogens is 2. The number of rotatable bonds is 6. The molecule has 1 unspecified atom stereocenters. The van der Waals surface area contributed by atoms with Gasteiger partial charge in [-0.3, -0.25) is 4.79 Å². The highest BCUT2D eigenvalue weighted by Gasteiger charge is 2.16. The van der Waals surface area contributed by atoms with Gasteiger partial charge in [0.1, 0.15) is 11.0 Å². The summed E-state index contributed by atoms with van der Waals surface area (Å²) in [4.78, 5) is 15.5. The number of methoxy groups -OCH3 is 1. The molecule has 0 aliphatic rings. The number of nitrogens with one attached hydrogen (secondary N) is 1. The van der Waals surface area contributed by atoms with Crippen LogP contribution in [-0.4, -0.2) is 30.6 Å². The van der Waals surface area contributed by atoms with Gasteiger partial charge in [0.2, 0.25) is 0 Å². The Hall–Kier alpha value is -1.20. The largest absolute Gasteiger partial charge is 0.383 e. The van der Waals surface area contributed by atoms with Crippen molar-refractivity contribution in [2.75, 3.05) is 13.7 Å². The molecular weight excluding hydrogens is 259 g/mol. The number of carbonyl (C=O) groups is 1. The van der Waals surface area contributed by atoms with Gasteiger partial charge in [0.25, 0.3) is 5.91 Å². The second kappa shape index (κ2) is 7.28. The van der Waals surface area contributed by atoms with E-state index >= 15 is 0 Å². The molecule has 6 heteroatoms. The zero-order valence-corrected chi connectivity index (χ0v) is 11.1. The lowest BCUT2D eigenvalue weighted by Gasteiger charge is -2.17. The molecule has 0 saturated heterocycles. The standard InChI is InChI=1S/C12H16ClFN2O2/c1-3-4-9(7-18-2)16-12(17)10-5-8(14)6-15-11(10)13/h5-6,9H,3-4,7H2,1-2H3,(H,16,17). The van der Waals surface area contributed by atoms with Crippen molar-refractivity contribution >= 4 is 17.5 Å². The van der Waals surface area contributed by atoms with Crippen molar-refractivity contribution in [3.8, 4) is 0 Å². The molecule has 1 atom stereocenters. The van der Waals surface area contributed by atoms with Crippen molar-refractivity contribution in [1.29, 1.82) is 0 Å². The van der Waals surface area contributed by atoms with E-state index in [0.717, 1.165) is 25.1 Å². The van der Waals surface area contributed by atoms with Crippen LogP contribution in [0.1, 0.15) is 30.1 Å². The van der Waals surface area contributed by atoms with Crippen LogP contribution in [0.4, 0.5) is 4.39 Å². The number of carbonyl (C=O) groups excluding carboxylic acids is 1. The first-order valence-electron chi connectivity index (χ1n) is 5.69. The summed E-state index contributed by atoms with van der Waals surface area (Å²) < 4.78 is 18.0. The lowest BCUT2D eigenvalue weighted by atomic mass is 10.1. The zero-order chi connectivity index (χ0) is 13.5. The van der Waals surface area contributed by atoms with Crippen LogP contribution in [0.15, 0.2) is 12.3 Å². The molecule has 1 aromatic heterocycles. The third-order valence-corrected chi connectivity index (χ3v) is 2.69. The van der Waals surface area contributed by atoms with Gasteiger partial charge in [0.15, 0.2) is 0 Å². The van der Waals surface area contributed by atoms with Gasteiger partial charge in [-0.25, -0.2) is 9.37 Å². The SMILES string of the molecule is CCCC(COC)NC(=O)c1cc(F)cnc1Cl. The molecule has 4 nitrogen and oxygen atoms in total. The normalized spacial score (nSPS) is 12.2. The van der Waals surface area contributed by atoms with Crippen LogP contribution in [-0.2, 0) is 4.74 Å². The van der Waals surface area contributed by atoms with E-state index in [1.165, 1.54) is 0 Å². The summed E-state index contributed by atoms with van der Waals surface area (Å²) >= 11 is 5.76. The van der Waals surface area contributed by atoms with E-state index in [1.54, 1.807) is 7.11 Å².